The zero-order valence-electron chi connectivity index (χ0n) is 12.1. The fourth-order valence-electron chi connectivity index (χ4n) is 1.73. The Morgan fingerprint density at radius 1 is 1.45 bits per heavy atom. The Morgan fingerprint density at radius 3 is 2.70 bits per heavy atom. The summed E-state index contributed by atoms with van der Waals surface area (Å²) in [5, 5.41) is 12.4. The highest BCUT2D eigenvalue weighted by Gasteiger charge is 2.18. The van der Waals surface area contributed by atoms with Crippen molar-refractivity contribution in [2.45, 2.75) is 52.3 Å². The van der Waals surface area contributed by atoms with Crippen LogP contribution in [0, 0.1) is 0 Å². The van der Waals surface area contributed by atoms with Gasteiger partial charge in [0.05, 0.1) is 0 Å². The number of carboxylic acid groups (broad SMARTS) is 1. The van der Waals surface area contributed by atoms with Gasteiger partial charge in [0.25, 0.3) is 0 Å². The Kier molecular flexibility index (Phi) is 7.02. The molecule has 0 fully saturated rings. The van der Waals surface area contributed by atoms with Gasteiger partial charge in [0.15, 0.2) is 6.10 Å². The molecule has 2 N–H and O–H groups in total. The topological polar surface area (TPSA) is 58.6 Å². The van der Waals surface area contributed by atoms with E-state index < -0.39 is 12.1 Å². The van der Waals surface area contributed by atoms with Gasteiger partial charge in [-0.25, -0.2) is 4.79 Å². The molecule has 0 aliphatic heterocycles. The van der Waals surface area contributed by atoms with E-state index in [1.54, 1.807) is 6.07 Å². The van der Waals surface area contributed by atoms with Gasteiger partial charge >= 0.3 is 5.97 Å². The summed E-state index contributed by atoms with van der Waals surface area (Å²) in [5.74, 6) is -0.328. The lowest BCUT2D eigenvalue weighted by atomic mass is 10.2. The zero-order valence-corrected chi connectivity index (χ0v) is 13.7. The standard InChI is InChI=1S/C15H22BrNO3/c1-4-5-14(15(18)19)20-12-6-7-13(16)11(8-12)9-17-10(2)3/h6-8,10,14,17H,4-5,9H2,1-3H3,(H,18,19). The molecule has 112 valence electrons. The van der Waals surface area contributed by atoms with E-state index in [9.17, 15) is 4.79 Å². The number of carbonyl (C=O) groups is 1. The molecule has 1 unspecified atom stereocenters. The molecule has 0 aliphatic carbocycles. The zero-order chi connectivity index (χ0) is 15.1. The molecule has 0 amide bonds. The molecule has 0 spiro atoms. The van der Waals surface area contributed by atoms with Crippen LogP contribution in [-0.4, -0.2) is 23.2 Å². The van der Waals surface area contributed by atoms with Crippen molar-refractivity contribution >= 4 is 21.9 Å². The van der Waals surface area contributed by atoms with E-state index in [2.05, 4.69) is 35.1 Å². The Hall–Kier alpha value is -1.07. The van der Waals surface area contributed by atoms with Gasteiger partial charge in [-0.15, -0.1) is 0 Å². The predicted molar refractivity (Wildman–Crippen MR) is 83.1 cm³/mol. The fourth-order valence-corrected chi connectivity index (χ4v) is 2.12. The molecular weight excluding hydrogens is 322 g/mol. The Bertz CT molecular complexity index is 449. The molecule has 1 rings (SSSR count). The summed E-state index contributed by atoms with van der Waals surface area (Å²) in [6.45, 7) is 6.81. The van der Waals surface area contributed by atoms with E-state index in [1.807, 2.05) is 19.1 Å². The van der Waals surface area contributed by atoms with Gasteiger partial charge < -0.3 is 15.2 Å². The number of hydrogen-bond donors (Lipinski definition) is 2. The average Bonchev–Trinajstić information content (AvgIpc) is 2.38. The molecule has 0 saturated carbocycles. The van der Waals surface area contributed by atoms with Gasteiger partial charge in [0.2, 0.25) is 0 Å². The van der Waals surface area contributed by atoms with E-state index in [-0.39, 0.29) is 0 Å². The number of rotatable bonds is 8. The third-order valence-corrected chi connectivity index (χ3v) is 3.60. The Morgan fingerprint density at radius 2 is 2.15 bits per heavy atom. The molecule has 0 aliphatic rings. The van der Waals surface area contributed by atoms with Crippen molar-refractivity contribution in [3.8, 4) is 5.75 Å². The number of hydrogen-bond acceptors (Lipinski definition) is 3. The fraction of sp³-hybridized carbons (Fsp3) is 0.533. The number of halogens is 1. The third-order valence-electron chi connectivity index (χ3n) is 2.82. The monoisotopic (exact) mass is 343 g/mol. The summed E-state index contributed by atoms with van der Waals surface area (Å²) in [5.41, 5.74) is 1.05. The van der Waals surface area contributed by atoms with Gasteiger partial charge in [0, 0.05) is 17.1 Å². The maximum Gasteiger partial charge on any atom is 0.344 e. The molecule has 20 heavy (non-hydrogen) atoms. The molecule has 0 saturated heterocycles. The number of benzene rings is 1. The van der Waals surface area contributed by atoms with Gasteiger partial charge in [0.1, 0.15) is 5.75 Å². The highest BCUT2D eigenvalue weighted by Crippen LogP contribution is 2.24. The van der Waals surface area contributed by atoms with Crippen molar-refractivity contribution in [2.75, 3.05) is 0 Å². The second-order valence-corrected chi connectivity index (χ2v) is 5.88. The van der Waals surface area contributed by atoms with Crippen LogP contribution in [-0.2, 0) is 11.3 Å². The minimum Gasteiger partial charge on any atom is -0.479 e. The largest absolute Gasteiger partial charge is 0.479 e. The average molecular weight is 344 g/mol. The van der Waals surface area contributed by atoms with E-state index in [0.717, 1.165) is 16.5 Å². The van der Waals surface area contributed by atoms with Crippen molar-refractivity contribution in [3.05, 3.63) is 28.2 Å². The van der Waals surface area contributed by atoms with Crippen LogP contribution in [0.1, 0.15) is 39.2 Å². The lowest BCUT2D eigenvalue weighted by Gasteiger charge is -2.16. The van der Waals surface area contributed by atoms with Crippen LogP contribution in [0.15, 0.2) is 22.7 Å². The van der Waals surface area contributed by atoms with Crippen LogP contribution in [0.4, 0.5) is 0 Å². The smallest absolute Gasteiger partial charge is 0.344 e. The number of carboxylic acids is 1. The highest BCUT2D eigenvalue weighted by molar-refractivity contribution is 9.10. The quantitative estimate of drug-likeness (QED) is 0.757. The van der Waals surface area contributed by atoms with Crippen molar-refractivity contribution in [3.63, 3.8) is 0 Å². The van der Waals surface area contributed by atoms with Crippen LogP contribution in [0.3, 0.4) is 0 Å². The molecule has 5 heteroatoms. The van der Waals surface area contributed by atoms with Crippen molar-refractivity contribution < 1.29 is 14.6 Å². The molecule has 0 aromatic heterocycles. The van der Waals surface area contributed by atoms with Gasteiger partial charge in [-0.2, -0.15) is 0 Å². The SMILES string of the molecule is CCCC(Oc1ccc(Br)c(CNC(C)C)c1)C(=O)O. The predicted octanol–water partition coefficient (Wildman–Crippen LogP) is 3.58. The second kappa shape index (κ2) is 8.27. The van der Waals surface area contributed by atoms with Crippen molar-refractivity contribution in [2.24, 2.45) is 0 Å². The first kappa shape index (κ1) is 17.0. The van der Waals surface area contributed by atoms with Crippen molar-refractivity contribution in [1.82, 2.24) is 5.32 Å². The van der Waals surface area contributed by atoms with Gasteiger partial charge in [-0.3, -0.25) is 0 Å². The number of nitrogens with one attached hydrogen (secondary N) is 1. The number of aliphatic carboxylic acids is 1. The minimum atomic E-state index is -0.920. The summed E-state index contributed by atoms with van der Waals surface area (Å²) in [7, 11) is 0. The maximum absolute atomic E-state index is 11.1. The summed E-state index contributed by atoms with van der Waals surface area (Å²) in [4.78, 5) is 11.1. The van der Waals surface area contributed by atoms with Gasteiger partial charge in [-0.1, -0.05) is 43.1 Å². The van der Waals surface area contributed by atoms with E-state index in [1.165, 1.54) is 0 Å². The van der Waals surface area contributed by atoms with Crippen LogP contribution in [0.5, 0.6) is 5.75 Å². The molecular formula is C15H22BrNO3. The third kappa shape index (κ3) is 5.51. The molecule has 1 atom stereocenters. The molecule has 1 aromatic rings. The summed E-state index contributed by atoms with van der Waals surface area (Å²) < 4.78 is 6.56. The summed E-state index contributed by atoms with van der Waals surface area (Å²) >= 11 is 3.49. The lowest BCUT2D eigenvalue weighted by molar-refractivity contribution is -0.145. The first-order valence-electron chi connectivity index (χ1n) is 6.85. The number of ether oxygens (including phenoxy) is 1. The van der Waals surface area contributed by atoms with Crippen LogP contribution in [0.2, 0.25) is 0 Å². The maximum atomic E-state index is 11.1. The first-order valence-corrected chi connectivity index (χ1v) is 7.64. The lowest BCUT2D eigenvalue weighted by Crippen LogP contribution is -2.27. The second-order valence-electron chi connectivity index (χ2n) is 5.02. The Labute approximate surface area is 128 Å². The Balaban J connectivity index is 2.80. The van der Waals surface area contributed by atoms with E-state index >= 15 is 0 Å². The van der Waals surface area contributed by atoms with Crippen LogP contribution < -0.4 is 10.1 Å². The molecule has 0 bridgehead atoms. The van der Waals surface area contributed by atoms with E-state index in [4.69, 9.17) is 9.84 Å². The van der Waals surface area contributed by atoms with Crippen LogP contribution in [0.25, 0.3) is 0 Å². The first-order chi connectivity index (χ1) is 9.43. The van der Waals surface area contributed by atoms with Gasteiger partial charge in [-0.05, 0) is 30.2 Å². The molecule has 1 aromatic carbocycles. The summed E-state index contributed by atoms with van der Waals surface area (Å²) in [6, 6.07) is 5.94. The molecule has 4 nitrogen and oxygen atoms in total. The van der Waals surface area contributed by atoms with Crippen LogP contribution >= 0.6 is 15.9 Å². The molecule has 0 radical (unpaired) electrons. The highest BCUT2D eigenvalue weighted by atomic mass is 79.9. The van der Waals surface area contributed by atoms with Crippen molar-refractivity contribution in [1.29, 1.82) is 0 Å². The normalized spacial score (nSPS) is 12.4. The minimum absolute atomic E-state index is 0.387. The van der Waals surface area contributed by atoms with E-state index in [0.29, 0.717) is 24.8 Å². The summed E-state index contributed by atoms with van der Waals surface area (Å²) in [6.07, 6.45) is 0.493. The molecule has 0 heterocycles.